The lowest BCUT2D eigenvalue weighted by Crippen LogP contribution is -2.27. The highest BCUT2D eigenvalue weighted by molar-refractivity contribution is 5.95. The van der Waals surface area contributed by atoms with Gasteiger partial charge in [0.1, 0.15) is 6.04 Å². The summed E-state index contributed by atoms with van der Waals surface area (Å²) in [4.78, 5) is 20.5. The van der Waals surface area contributed by atoms with Crippen LogP contribution in [0, 0.1) is 0 Å². The summed E-state index contributed by atoms with van der Waals surface area (Å²) >= 11 is 0. The molecule has 1 aromatic carbocycles. The Morgan fingerprint density at radius 1 is 1.28 bits per heavy atom. The number of carbonyl (C=O) groups excluding carboxylic acids is 1. The van der Waals surface area contributed by atoms with Gasteiger partial charge in [0, 0.05) is 17.8 Å². The number of nitrogens with zero attached hydrogens (tertiary/aromatic N) is 3. The molecule has 0 aliphatic heterocycles. The predicted molar refractivity (Wildman–Crippen MR) is 88.1 cm³/mol. The van der Waals surface area contributed by atoms with Crippen LogP contribution >= 0.6 is 0 Å². The lowest BCUT2D eigenvalue weighted by atomic mass is 10.2. The van der Waals surface area contributed by atoms with Crippen LogP contribution in [-0.4, -0.2) is 33.2 Å². The van der Waals surface area contributed by atoms with Crippen LogP contribution in [0.3, 0.4) is 0 Å². The third kappa shape index (κ3) is 3.42. The number of aromatic hydroxyl groups is 1. The van der Waals surface area contributed by atoms with E-state index in [1.165, 1.54) is 19.4 Å². The van der Waals surface area contributed by atoms with Crippen LogP contribution in [0.4, 0.5) is 0 Å². The molecule has 3 aromatic rings. The number of carbonyl (C=O) groups is 1. The second kappa shape index (κ2) is 7.00. The molecule has 0 saturated heterocycles. The Bertz CT molecular complexity index is 879. The molecular formula is C17H16N4O4. The molecule has 128 valence electrons. The molecule has 0 saturated carbocycles. The van der Waals surface area contributed by atoms with Crippen molar-refractivity contribution in [1.29, 1.82) is 0 Å². The van der Waals surface area contributed by atoms with Crippen molar-refractivity contribution >= 4 is 5.91 Å². The van der Waals surface area contributed by atoms with Crippen molar-refractivity contribution in [3.8, 4) is 22.9 Å². The Morgan fingerprint density at radius 2 is 2.04 bits per heavy atom. The summed E-state index contributed by atoms with van der Waals surface area (Å²) in [5.41, 5.74) is 0.664. The fraction of sp³-hybridized carbons (Fsp3) is 0.176. The molecule has 8 heteroatoms. The number of rotatable bonds is 5. The molecule has 1 amide bonds. The topological polar surface area (TPSA) is 110 Å². The highest BCUT2D eigenvalue weighted by atomic mass is 16.5. The number of hydrogen-bond acceptors (Lipinski definition) is 7. The van der Waals surface area contributed by atoms with Crippen LogP contribution in [0.2, 0.25) is 0 Å². The Labute approximate surface area is 143 Å². The zero-order valence-corrected chi connectivity index (χ0v) is 13.6. The summed E-state index contributed by atoms with van der Waals surface area (Å²) in [6.45, 7) is 1.69. The highest BCUT2D eigenvalue weighted by Crippen LogP contribution is 2.28. The molecule has 8 nitrogen and oxygen atoms in total. The molecule has 0 bridgehead atoms. The van der Waals surface area contributed by atoms with Gasteiger partial charge in [0.05, 0.1) is 7.11 Å². The molecule has 0 radical (unpaired) electrons. The number of hydrogen-bond donors (Lipinski definition) is 2. The van der Waals surface area contributed by atoms with Crippen molar-refractivity contribution in [2.45, 2.75) is 13.0 Å². The summed E-state index contributed by atoms with van der Waals surface area (Å²) in [7, 11) is 1.39. The van der Waals surface area contributed by atoms with E-state index in [1.54, 1.807) is 6.92 Å². The first-order valence-corrected chi connectivity index (χ1v) is 7.52. The summed E-state index contributed by atoms with van der Waals surface area (Å²) in [6.07, 6.45) is 1.37. The SMILES string of the molecule is COc1ccnc(C(=O)N[C@@H](C)c2nc(-c3ccccc3)no2)c1O. The number of nitrogens with one attached hydrogen (secondary N) is 1. The van der Waals surface area contributed by atoms with Crippen LogP contribution in [0.5, 0.6) is 11.5 Å². The maximum atomic E-state index is 12.3. The van der Waals surface area contributed by atoms with E-state index in [0.29, 0.717) is 5.82 Å². The molecule has 0 fully saturated rings. The van der Waals surface area contributed by atoms with Gasteiger partial charge in [-0.3, -0.25) is 4.79 Å². The number of pyridine rings is 1. The maximum absolute atomic E-state index is 12.3. The minimum Gasteiger partial charge on any atom is -0.503 e. The zero-order chi connectivity index (χ0) is 17.8. The minimum absolute atomic E-state index is 0.144. The van der Waals surface area contributed by atoms with Crippen molar-refractivity contribution in [2.75, 3.05) is 7.11 Å². The van der Waals surface area contributed by atoms with Crippen molar-refractivity contribution in [2.24, 2.45) is 0 Å². The lowest BCUT2D eigenvalue weighted by Gasteiger charge is -2.11. The van der Waals surface area contributed by atoms with E-state index < -0.39 is 11.9 Å². The average Bonchev–Trinajstić information content (AvgIpc) is 3.13. The minimum atomic E-state index is -0.580. The van der Waals surface area contributed by atoms with Gasteiger partial charge in [-0.1, -0.05) is 35.5 Å². The molecule has 0 spiro atoms. The smallest absolute Gasteiger partial charge is 0.274 e. The largest absolute Gasteiger partial charge is 0.503 e. The number of aromatic nitrogens is 3. The summed E-state index contributed by atoms with van der Waals surface area (Å²) in [5, 5.41) is 16.6. The summed E-state index contributed by atoms with van der Waals surface area (Å²) < 4.78 is 10.2. The van der Waals surface area contributed by atoms with E-state index in [9.17, 15) is 9.90 Å². The Kier molecular flexibility index (Phi) is 4.60. The molecule has 25 heavy (non-hydrogen) atoms. The van der Waals surface area contributed by atoms with E-state index in [-0.39, 0.29) is 23.1 Å². The second-order valence-electron chi connectivity index (χ2n) is 5.23. The van der Waals surface area contributed by atoms with Crippen LogP contribution in [-0.2, 0) is 0 Å². The van der Waals surface area contributed by atoms with Gasteiger partial charge in [-0.25, -0.2) is 4.98 Å². The number of amides is 1. The quantitative estimate of drug-likeness (QED) is 0.733. The number of ether oxygens (including phenoxy) is 1. The molecule has 0 aliphatic rings. The molecule has 0 aliphatic carbocycles. The molecular weight excluding hydrogens is 324 g/mol. The van der Waals surface area contributed by atoms with Crippen LogP contribution in [0.25, 0.3) is 11.4 Å². The number of benzene rings is 1. The second-order valence-corrected chi connectivity index (χ2v) is 5.23. The monoisotopic (exact) mass is 340 g/mol. The van der Waals surface area contributed by atoms with Gasteiger partial charge in [-0.15, -0.1) is 0 Å². The van der Waals surface area contributed by atoms with E-state index >= 15 is 0 Å². The fourth-order valence-electron chi connectivity index (χ4n) is 2.21. The fourth-order valence-corrected chi connectivity index (χ4v) is 2.21. The predicted octanol–water partition coefficient (Wildman–Crippen LogP) is 2.34. The molecule has 2 heterocycles. The van der Waals surface area contributed by atoms with E-state index in [4.69, 9.17) is 9.26 Å². The van der Waals surface area contributed by atoms with Crippen LogP contribution < -0.4 is 10.1 Å². The average molecular weight is 340 g/mol. The van der Waals surface area contributed by atoms with Gasteiger partial charge in [0.2, 0.25) is 11.7 Å². The van der Waals surface area contributed by atoms with Gasteiger partial charge in [-0.05, 0) is 6.92 Å². The van der Waals surface area contributed by atoms with Crippen molar-refractivity contribution in [3.05, 3.63) is 54.2 Å². The normalized spacial score (nSPS) is 11.8. The van der Waals surface area contributed by atoms with E-state index in [0.717, 1.165) is 5.56 Å². The standard InChI is InChI=1S/C17H16N4O4/c1-10(17-20-15(21-25-17)11-6-4-3-5-7-11)19-16(23)13-14(22)12(24-2)8-9-18-13/h3-10,22H,1-2H3,(H,19,23)/t10-/m0/s1. The molecule has 0 unspecified atom stereocenters. The van der Waals surface area contributed by atoms with Crippen LogP contribution in [0.1, 0.15) is 29.3 Å². The van der Waals surface area contributed by atoms with Gasteiger partial charge >= 0.3 is 0 Å². The first kappa shape index (κ1) is 16.4. The van der Waals surface area contributed by atoms with Crippen LogP contribution in [0.15, 0.2) is 47.1 Å². The zero-order valence-electron chi connectivity index (χ0n) is 13.6. The summed E-state index contributed by atoms with van der Waals surface area (Å²) in [5.74, 6) is -0.0702. The Hall–Kier alpha value is -3.42. The molecule has 2 aromatic heterocycles. The lowest BCUT2D eigenvalue weighted by molar-refractivity contribution is 0.0923. The van der Waals surface area contributed by atoms with Gasteiger partial charge < -0.3 is 19.7 Å². The maximum Gasteiger partial charge on any atom is 0.274 e. The van der Waals surface area contributed by atoms with E-state index in [2.05, 4.69) is 20.4 Å². The first-order chi connectivity index (χ1) is 12.1. The molecule has 1 atom stereocenters. The third-order valence-corrected chi connectivity index (χ3v) is 3.51. The third-order valence-electron chi connectivity index (χ3n) is 3.51. The molecule has 2 N–H and O–H groups in total. The van der Waals surface area contributed by atoms with Gasteiger partial charge in [0.25, 0.3) is 5.91 Å². The van der Waals surface area contributed by atoms with Crippen molar-refractivity contribution in [1.82, 2.24) is 20.4 Å². The molecule has 3 rings (SSSR count). The first-order valence-electron chi connectivity index (χ1n) is 7.52. The van der Waals surface area contributed by atoms with E-state index in [1.807, 2.05) is 30.3 Å². The summed E-state index contributed by atoms with van der Waals surface area (Å²) in [6, 6.07) is 10.2. The Morgan fingerprint density at radius 3 is 2.76 bits per heavy atom. The Balaban J connectivity index is 1.75. The van der Waals surface area contributed by atoms with Crippen molar-refractivity contribution in [3.63, 3.8) is 0 Å². The van der Waals surface area contributed by atoms with Gasteiger partial charge in [0.15, 0.2) is 17.2 Å². The van der Waals surface area contributed by atoms with Crippen molar-refractivity contribution < 1.29 is 19.2 Å². The highest BCUT2D eigenvalue weighted by Gasteiger charge is 2.22. The van der Waals surface area contributed by atoms with Gasteiger partial charge in [-0.2, -0.15) is 4.98 Å². The number of methoxy groups -OCH3 is 1.